The highest BCUT2D eigenvalue weighted by Crippen LogP contribution is 2.19. The van der Waals surface area contributed by atoms with Crippen LogP contribution >= 0.6 is 22.9 Å². The van der Waals surface area contributed by atoms with Crippen molar-refractivity contribution in [3.63, 3.8) is 0 Å². The van der Waals surface area contributed by atoms with Gasteiger partial charge >= 0.3 is 6.18 Å². The molecule has 0 spiro atoms. The molecular weight excluding hydrogens is 251 g/mol. The van der Waals surface area contributed by atoms with Crippen LogP contribution in [0.15, 0.2) is 5.38 Å². The number of aromatic nitrogens is 1. The molecule has 0 aromatic carbocycles. The lowest BCUT2D eigenvalue weighted by molar-refractivity contribution is -0.146. The van der Waals surface area contributed by atoms with Gasteiger partial charge in [-0.05, 0) is 0 Å². The molecule has 0 saturated heterocycles. The number of rotatable bonds is 5. The largest absolute Gasteiger partial charge is 0.391 e. The topological polar surface area (TPSA) is 22.1 Å². The van der Waals surface area contributed by atoms with Crippen molar-refractivity contribution in [3.05, 3.63) is 16.1 Å². The van der Waals surface area contributed by atoms with Gasteiger partial charge < -0.3 is 4.74 Å². The summed E-state index contributed by atoms with van der Waals surface area (Å²) in [7, 11) is 0. The molecule has 1 aromatic rings. The van der Waals surface area contributed by atoms with Crippen molar-refractivity contribution in [3.8, 4) is 0 Å². The van der Waals surface area contributed by atoms with E-state index in [4.69, 9.17) is 16.3 Å². The van der Waals surface area contributed by atoms with Crippen LogP contribution in [0.1, 0.15) is 17.1 Å². The first-order chi connectivity index (χ1) is 7.01. The Kier molecular flexibility index (Phi) is 4.82. The van der Waals surface area contributed by atoms with Gasteiger partial charge in [-0.1, -0.05) is 0 Å². The molecule has 0 radical (unpaired) electrons. The number of alkyl halides is 4. The number of halogens is 4. The summed E-state index contributed by atoms with van der Waals surface area (Å²) in [5, 5.41) is 2.41. The van der Waals surface area contributed by atoms with Gasteiger partial charge in [0.2, 0.25) is 0 Å². The third-order valence-electron chi connectivity index (χ3n) is 1.49. The predicted molar refractivity (Wildman–Crippen MR) is 52.0 cm³/mol. The minimum atomic E-state index is -4.16. The van der Waals surface area contributed by atoms with Gasteiger partial charge in [0.05, 0.1) is 31.2 Å². The molecule has 0 aliphatic carbocycles. The predicted octanol–water partition coefficient (Wildman–Crippen LogP) is 3.35. The van der Waals surface area contributed by atoms with E-state index in [1.54, 1.807) is 5.38 Å². The Hall–Kier alpha value is -0.330. The molecular formula is C8H9ClF3NOS. The Morgan fingerprint density at radius 2 is 2.20 bits per heavy atom. The number of ether oxygens (including phenoxy) is 1. The van der Waals surface area contributed by atoms with Gasteiger partial charge in [0.25, 0.3) is 0 Å². The number of hydrogen-bond acceptors (Lipinski definition) is 3. The second-order valence-electron chi connectivity index (χ2n) is 2.78. The van der Waals surface area contributed by atoms with Crippen LogP contribution < -0.4 is 0 Å². The van der Waals surface area contributed by atoms with E-state index < -0.39 is 12.6 Å². The molecule has 7 heteroatoms. The standard InChI is InChI=1S/C8H9ClF3NOS/c9-3-6-5-15-7(13-6)4-14-2-1-8(10,11)12/h5H,1-4H2. The lowest BCUT2D eigenvalue weighted by atomic mass is 10.4. The van der Waals surface area contributed by atoms with E-state index in [2.05, 4.69) is 4.98 Å². The van der Waals surface area contributed by atoms with E-state index in [1.165, 1.54) is 11.3 Å². The van der Waals surface area contributed by atoms with Gasteiger partial charge in [0, 0.05) is 5.38 Å². The summed E-state index contributed by atoms with van der Waals surface area (Å²) in [5.41, 5.74) is 0.719. The van der Waals surface area contributed by atoms with E-state index in [0.29, 0.717) is 10.9 Å². The summed E-state index contributed by atoms with van der Waals surface area (Å²) in [6.45, 7) is -0.225. The monoisotopic (exact) mass is 259 g/mol. The Balaban J connectivity index is 2.20. The SMILES string of the molecule is FC(F)(F)CCOCc1nc(CCl)cs1. The molecule has 1 aromatic heterocycles. The normalized spacial score (nSPS) is 12.0. The average molecular weight is 260 g/mol. The minimum Gasteiger partial charge on any atom is -0.374 e. The van der Waals surface area contributed by atoms with E-state index >= 15 is 0 Å². The molecule has 0 aliphatic rings. The quantitative estimate of drug-likeness (QED) is 0.598. The van der Waals surface area contributed by atoms with Crippen LogP contribution in [0.2, 0.25) is 0 Å². The van der Waals surface area contributed by atoms with Gasteiger partial charge in [0.1, 0.15) is 5.01 Å². The Morgan fingerprint density at radius 3 is 2.73 bits per heavy atom. The van der Waals surface area contributed by atoms with Crippen LogP contribution in [0.5, 0.6) is 0 Å². The molecule has 0 saturated carbocycles. The maximum Gasteiger partial charge on any atom is 0.391 e. The molecule has 1 heterocycles. The van der Waals surface area contributed by atoms with E-state index in [0.717, 1.165) is 5.69 Å². The highest BCUT2D eigenvalue weighted by molar-refractivity contribution is 7.09. The fraction of sp³-hybridized carbons (Fsp3) is 0.625. The average Bonchev–Trinajstić information content (AvgIpc) is 2.59. The summed E-state index contributed by atoms with van der Waals surface area (Å²) in [5.74, 6) is 0.305. The van der Waals surface area contributed by atoms with Crippen LogP contribution in [0.4, 0.5) is 13.2 Å². The first-order valence-electron chi connectivity index (χ1n) is 4.15. The molecule has 0 unspecified atom stereocenters. The fourth-order valence-corrected chi connectivity index (χ4v) is 1.78. The van der Waals surface area contributed by atoms with Crippen LogP contribution in [0.3, 0.4) is 0 Å². The first-order valence-corrected chi connectivity index (χ1v) is 5.56. The van der Waals surface area contributed by atoms with Crippen molar-refractivity contribution in [2.75, 3.05) is 6.61 Å². The number of hydrogen-bond donors (Lipinski definition) is 0. The molecule has 0 atom stereocenters. The lowest BCUT2D eigenvalue weighted by Crippen LogP contribution is -2.11. The highest BCUT2D eigenvalue weighted by Gasteiger charge is 2.26. The van der Waals surface area contributed by atoms with E-state index in [9.17, 15) is 13.2 Å². The van der Waals surface area contributed by atoms with E-state index in [1.807, 2.05) is 0 Å². The summed E-state index contributed by atoms with van der Waals surface area (Å²) < 4.78 is 40.0. The molecule has 15 heavy (non-hydrogen) atoms. The van der Waals surface area contributed by atoms with Gasteiger partial charge in [-0.25, -0.2) is 4.98 Å². The molecule has 0 aliphatic heterocycles. The fourth-order valence-electron chi connectivity index (χ4n) is 0.824. The molecule has 1 rings (SSSR count). The Morgan fingerprint density at radius 1 is 1.47 bits per heavy atom. The lowest BCUT2D eigenvalue weighted by Gasteiger charge is -2.05. The Labute approximate surface area is 94.0 Å². The third kappa shape index (κ3) is 5.34. The molecule has 86 valence electrons. The molecule has 0 bridgehead atoms. The van der Waals surface area contributed by atoms with Crippen molar-refractivity contribution in [2.45, 2.75) is 25.1 Å². The molecule has 0 N–H and O–H groups in total. The van der Waals surface area contributed by atoms with Crippen molar-refractivity contribution < 1.29 is 17.9 Å². The number of thiazole rings is 1. The summed E-state index contributed by atoms with van der Waals surface area (Å²) in [6, 6.07) is 0. The second kappa shape index (κ2) is 5.67. The maximum atomic E-state index is 11.7. The minimum absolute atomic E-state index is 0.109. The highest BCUT2D eigenvalue weighted by atomic mass is 35.5. The van der Waals surface area contributed by atoms with Crippen molar-refractivity contribution in [1.29, 1.82) is 0 Å². The smallest absolute Gasteiger partial charge is 0.374 e. The van der Waals surface area contributed by atoms with E-state index in [-0.39, 0.29) is 13.2 Å². The maximum absolute atomic E-state index is 11.7. The molecule has 0 fully saturated rings. The zero-order valence-electron chi connectivity index (χ0n) is 7.68. The first kappa shape index (κ1) is 12.7. The molecule has 2 nitrogen and oxygen atoms in total. The van der Waals surface area contributed by atoms with Crippen molar-refractivity contribution in [1.82, 2.24) is 4.98 Å². The van der Waals surface area contributed by atoms with Crippen molar-refractivity contribution in [2.24, 2.45) is 0 Å². The van der Waals surface area contributed by atoms with Gasteiger partial charge in [0.15, 0.2) is 0 Å². The number of nitrogens with zero attached hydrogens (tertiary/aromatic N) is 1. The molecule has 0 amide bonds. The second-order valence-corrected chi connectivity index (χ2v) is 3.99. The van der Waals surface area contributed by atoms with Crippen LogP contribution in [0.25, 0.3) is 0 Å². The zero-order chi connectivity index (χ0) is 11.3. The Bertz CT molecular complexity index is 302. The van der Waals surface area contributed by atoms with Crippen LogP contribution in [0, 0.1) is 0 Å². The van der Waals surface area contributed by atoms with Gasteiger partial charge in [-0.2, -0.15) is 13.2 Å². The van der Waals surface area contributed by atoms with Crippen LogP contribution in [-0.2, 0) is 17.2 Å². The summed E-state index contributed by atoms with van der Waals surface area (Å²) in [4.78, 5) is 4.04. The van der Waals surface area contributed by atoms with Gasteiger partial charge in [-0.3, -0.25) is 0 Å². The van der Waals surface area contributed by atoms with Crippen molar-refractivity contribution >= 4 is 22.9 Å². The zero-order valence-corrected chi connectivity index (χ0v) is 9.25. The summed E-state index contributed by atoms with van der Waals surface area (Å²) >= 11 is 6.85. The van der Waals surface area contributed by atoms with Crippen LogP contribution in [-0.4, -0.2) is 17.8 Å². The third-order valence-corrected chi connectivity index (χ3v) is 2.64. The van der Waals surface area contributed by atoms with Gasteiger partial charge in [-0.15, -0.1) is 22.9 Å². The summed E-state index contributed by atoms with van der Waals surface area (Å²) in [6.07, 6.45) is -5.09.